The van der Waals surface area contributed by atoms with E-state index in [2.05, 4.69) is 9.46 Å². The number of sulfonamides is 1. The zero-order chi connectivity index (χ0) is 14.5. The Morgan fingerprint density at radius 3 is 2.68 bits per heavy atom. The number of hydrogen-bond acceptors (Lipinski definition) is 4. The monoisotopic (exact) mass is 325 g/mol. The number of benzene rings is 1. The highest BCUT2D eigenvalue weighted by Crippen LogP contribution is 2.26. The van der Waals surface area contributed by atoms with Crippen molar-refractivity contribution < 1.29 is 17.9 Å². The van der Waals surface area contributed by atoms with Crippen molar-refractivity contribution >= 4 is 44.9 Å². The van der Waals surface area contributed by atoms with Gasteiger partial charge in [0, 0.05) is 11.4 Å². The Morgan fingerprint density at radius 2 is 2.05 bits per heavy atom. The van der Waals surface area contributed by atoms with Gasteiger partial charge in [-0.3, -0.25) is 9.52 Å². The van der Waals surface area contributed by atoms with Gasteiger partial charge in [-0.1, -0.05) is 23.2 Å². The highest BCUT2D eigenvalue weighted by molar-refractivity contribution is 7.92. The van der Waals surface area contributed by atoms with Gasteiger partial charge in [-0.05, 0) is 24.6 Å². The summed E-state index contributed by atoms with van der Waals surface area (Å²) in [6, 6.07) is 4.47. The lowest BCUT2D eigenvalue weighted by molar-refractivity contribution is -0.140. The molecule has 0 spiro atoms. The third kappa shape index (κ3) is 5.67. The smallest absolute Gasteiger partial charge is 0.305 e. The fraction of sp³-hybridized carbons (Fsp3) is 0.364. The highest BCUT2D eigenvalue weighted by Gasteiger charge is 2.14. The number of hydrogen-bond donors (Lipinski definition) is 1. The van der Waals surface area contributed by atoms with Crippen molar-refractivity contribution in [1.82, 2.24) is 0 Å². The molecule has 1 N–H and O–H groups in total. The van der Waals surface area contributed by atoms with Crippen molar-refractivity contribution in [3.05, 3.63) is 28.2 Å². The number of anilines is 1. The molecule has 0 bridgehead atoms. The van der Waals surface area contributed by atoms with Crippen LogP contribution in [0.4, 0.5) is 5.69 Å². The maximum absolute atomic E-state index is 11.8. The molecule has 0 saturated heterocycles. The van der Waals surface area contributed by atoms with Crippen molar-refractivity contribution in [3.8, 4) is 0 Å². The quantitative estimate of drug-likeness (QED) is 0.816. The molecule has 19 heavy (non-hydrogen) atoms. The van der Waals surface area contributed by atoms with Gasteiger partial charge in [-0.25, -0.2) is 8.42 Å². The van der Waals surface area contributed by atoms with Crippen LogP contribution in [0, 0.1) is 0 Å². The largest absolute Gasteiger partial charge is 0.469 e. The Balaban J connectivity index is 2.64. The Morgan fingerprint density at radius 1 is 1.37 bits per heavy atom. The number of methoxy groups -OCH3 is 1. The van der Waals surface area contributed by atoms with Gasteiger partial charge in [0.15, 0.2) is 0 Å². The van der Waals surface area contributed by atoms with Crippen LogP contribution in [0.25, 0.3) is 0 Å². The van der Waals surface area contributed by atoms with Crippen LogP contribution in [-0.2, 0) is 19.6 Å². The molecular formula is C11H13Cl2NO4S. The van der Waals surface area contributed by atoms with Crippen LogP contribution in [0.3, 0.4) is 0 Å². The van der Waals surface area contributed by atoms with Gasteiger partial charge in [-0.2, -0.15) is 0 Å². The molecule has 0 heterocycles. The summed E-state index contributed by atoms with van der Waals surface area (Å²) < 4.78 is 30.3. The van der Waals surface area contributed by atoms with Crippen molar-refractivity contribution in [2.75, 3.05) is 17.6 Å². The van der Waals surface area contributed by atoms with Gasteiger partial charge in [0.1, 0.15) is 0 Å². The molecular weight excluding hydrogens is 313 g/mol. The summed E-state index contributed by atoms with van der Waals surface area (Å²) in [7, 11) is -2.33. The Kier molecular flexibility index (Phi) is 5.90. The molecule has 1 rings (SSSR count). The normalized spacial score (nSPS) is 11.1. The van der Waals surface area contributed by atoms with Gasteiger partial charge in [0.2, 0.25) is 10.0 Å². The SMILES string of the molecule is COC(=O)CCCS(=O)(=O)Nc1cc(Cl)ccc1Cl. The average Bonchev–Trinajstić information content (AvgIpc) is 2.33. The third-order valence-corrected chi connectivity index (χ3v) is 4.14. The second kappa shape index (κ2) is 6.98. The van der Waals surface area contributed by atoms with Gasteiger partial charge in [0.25, 0.3) is 0 Å². The van der Waals surface area contributed by atoms with E-state index in [4.69, 9.17) is 23.2 Å². The van der Waals surface area contributed by atoms with Crippen LogP contribution in [-0.4, -0.2) is 27.2 Å². The van der Waals surface area contributed by atoms with Crippen molar-refractivity contribution in [3.63, 3.8) is 0 Å². The van der Waals surface area contributed by atoms with E-state index in [1.165, 1.54) is 19.2 Å². The first kappa shape index (κ1) is 16.1. The zero-order valence-electron chi connectivity index (χ0n) is 10.2. The Labute approximate surface area is 121 Å². The Hall–Kier alpha value is -0.980. The van der Waals surface area contributed by atoms with E-state index in [1.807, 2.05) is 0 Å². The fourth-order valence-electron chi connectivity index (χ4n) is 1.30. The highest BCUT2D eigenvalue weighted by atomic mass is 35.5. The lowest BCUT2D eigenvalue weighted by Gasteiger charge is -2.09. The summed E-state index contributed by atoms with van der Waals surface area (Å²) in [4.78, 5) is 10.9. The molecule has 0 aliphatic carbocycles. The molecule has 0 aliphatic heterocycles. The molecule has 0 radical (unpaired) electrons. The van der Waals surface area contributed by atoms with E-state index >= 15 is 0 Å². The van der Waals surface area contributed by atoms with Gasteiger partial charge < -0.3 is 4.74 Å². The average molecular weight is 326 g/mol. The zero-order valence-corrected chi connectivity index (χ0v) is 12.5. The summed E-state index contributed by atoms with van der Waals surface area (Å²) in [6.07, 6.45) is 0.209. The molecule has 0 unspecified atom stereocenters. The molecule has 1 aromatic carbocycles. The molecule has 0 amide bonds. The van der Waals surface area contributed by atoms with E-state index in [0.717, 1.165) is 0 Å². The van der Waals surface area contributed by atoms with Crippen LogP contribution in [0.1, 0.15) is 12.8 Å². The molecule has 5 nitrogen and oxygen atoms in total. The van der Waals surface area contributed by atoms with E-state index < -0.39 is 16.0 Å². The van der Waals surface area contributed by atoms with Crippen LogP contribution >= 0.6 is 23.2 Å². The number of carbonyl (C=O) groups is 1. The minimum atomic E-state index is -3.58. The van der Waals surface area contributed by atoms with Crippen LogP contribution < -0.4 is 4.72 Å². The molecule has 0 aliphatic rings. The number of nitrogens with one attached hydrogen (secondary N) is 1. The van der Waals surface area contributed by atoms with Crippen molar-refractivity contribution in [2.45, 2.75) is 12.8 Å². The molecule has 1 aromatic rings. The van der Waals surface area contributed by atoms with E-state index in [9.17, 15) is 13.2 Å². The van der Waals surface area contributed by atoms with Crippen LogP contribution in [0.5, 0.6) is 0 Å². The summed E-state index contributed by atoms with van der Waals surface area (Å²) in [5.74, 6) is -0.652. The van der Waals surface area contributed by atoms with E-state index in [-0.39, 0.29) is 29.3 Å². The van der Waals surface area contributed by atoms with Crippen LogP contribution in [0.15, 0.2) is 18.2 Å². The predicted octanol–water partition coefficient (Wildman–Crippen LogP) is 2.69. The second-order valence-electron chi connectivity index (χ2n) is 3.72. The van der Waals surface area contributed by atoms with E-state index in [1.54, 1.807) is 6.07 Å². The molecule has 0 fully saturated rings. The standard InChI is InChI=1S/C11H13Cl2NO4S/c1-18-11(15)3-2-6-19(16,17)14-10-7-8(12)4-5-9(10)13/h4-5,7,14H,2-3,6H2,1H3. The van der Waals surface area contributed by atoms with Crippen LogP contribution in [0.2, 0.25) is 10.0 Å². The van der Waals surface area contributed by atoms with Gasteiger partial charge in [-0.15, -0.1) is 0 Å². The fourth-order valence-corrected chi connectivity index (χ4v) is 2.83. The first-order chi connectivity index (χ1) is 8.84. The minimum Gasteiger partial charge on any atom is -0.469 e. The first-order valence-electron chi connectivity index (χ1n) is 5.36. The van der Waals surface area contributed by atoms with Crippen molar-refractivity contribution in [1.29, 1.82) is 0 Å². The minimum absolute atomic E-state index is 0.0423. The maximum Gasteiger partial charge on any atom is 0.305 e. The lowest BCUT2D eigenvalue weighted by atomic mass is 10.3. The summed E-state index contributed by atoms with van der Waals surface area (Å²) in [6.45, 7) is 0. The summed E-state index contributed by atoms with van der Waals surface area (Å²) in [5, 5.41) is 0.623. The summed E-state index contributed by atoms with van der Waals surface area (Å²) in [5.41, 5.74) is 0.215. The predicted molar refractivity (Wildman–Crippen MR) is 75.1 cm³/mol. The number of rotatable bonds is 6. The van der Waals surface area contributed by atoms with Gasteiger partial charge >= 0.3 is 5.97 Å². The Bertz CT molecular complexity index is 560. The maximum atomic E-state index is 11.8. The molecule has 8 heteroatoms. The topological polar surface area (TPSA) is 72.5 Å². The number of ether oxygens (including phenoxy) is 1. The lowest BCUT2D eigenvalue weighted by Crippen LogP contribution is -2.18. The molecule has 106 valence electrons. The second-order valence-corrected chi connectivity index (χ2v) is 6.41. The van der Waals surface area contributed by atoms with Crippen molar-refractivity contribution in [2.24, 2.45) is 0 Å². The first-order valence-corrected chi connectivity index (χ1v) is 7.77. The molecule has 0 atom stereocenters. The molecule has 0 aromatic heterocycles. The number of halogens is 2. The number of carbonyl (C=O) groups excluding carboxylic acids is 1. The van der Waals surface area contributed by atoms with E-state index in [0.29, 0.717) is 5.02 Å². The molecule has 0 saturated carbocycles. The summed E-state index contributed by atoms with van der Waals surface area (Å²) >= 11 is 11.6. The van der Waals surface area contributed by atoms with Gasteiger partial charge in [0.05, 0.1) is 23.6 Å². The third-order valence-electron chi connectivity index (χ3n) is 2.22. The number of esters is 1.